The predicted molar refractivity (Wildman–Crippen MR) is 65.0 cm³/mol. The topological polar surface area (TPSA) is 106 Å². The predicted octanol–water partition coefficient (Wildman–Crippen LogP) is -0.424. The molecule has 6 nitrogen and oxygen atoms in total. The average molecular weight is 268 g/mol. The standard InChI is InChI=1S/C11H12N2O4S/c12-10(14)8-13-11(15)6-7-18(16,17)9-4-2-1-3-5-9/h1-7H,8H2,(H2,12,14)(H,13,15). The third-order valence-electron chi connectivity index (χ3n) is 1.91. The third-order valence-corrected chi connectivity index (χ3v) is 3.33. The van der Waals surface area contributed by atoms with Crippen LogP contribution in [0.25, 0.3) is 0 Å². The van der Waals surface area contributed by atoms with Crippen LogP contribution in [0.5, 0.6) is 0 Å². The molecule has 0 saturated heterocycles. The van der Waals surface area contributed by atoms with Crippen molar-refractivity contribution < 1.29 is 18.0 Å². The fourth-order valence-electron chi connectivity index (χ4n) is 1.07. The lowest BCUT2D eigenvalue weighted by molar-refractivity contribution is -0.122. The summed E-state index contributed by atoms with van der Waals surface area (Å²) in [6.45, 7) is -0.339. The second-order valence-electron chi connectivity index (χ2n) is 3.34. The molecule has 0 radical (unpaired) electrons. The summed E-state index contributed by atoms with van der Waals surface area (Å²) in [5.74, 6) is -1.41. The van der Waals surface area contributed by atoms with E-state index in [-0.39, 0.29) is 11.4 Å². The lowest BCUT2D eigenvalue weighted by Crippen LogP contribution is -2.32. The summed E-state index contributed by atoms with van der Waals surface area (Å²) < 4.78 is 23.4. The summed E-state index contributed by atoms with van der Waals surface area (Å²) in [5.41, 5.74) is 4.82. The maximum Gasteiger partial charge on any atom is 0.245 e. The van der Waals surface area contributed by atoms with Gasteiger partial charge in [0.2, 0.25) is 11.8 Å². The van der Waals surface area contributed by atoms with Crippen LogP contribution in [-0.4, -0.2) is 26.8 Å². The molecule has 0 atom stereocenters. The van der Waals surface area contributed by atoms with Crippen molar-refractivity contribution in [2.24, 2.45) is 5.73 Å². The van der Waals surface area contributed by atoms with Crippen LogP contribution in [0.2, 0.25) is 0 Å². The first-order valence-corrected chi connectivity index (χ1v) is 6.51. The van der Waals surface area contributed by atoms with Crippen LogP contribution < -0.4 is 11.1 Å². The number of sulfone groups is 1. The molecule has 0 aromatic heterocycles. The highest BCUT2D eigenvalue weighted by atomic mass is 32.2. The Bertz CT molecular complexity index is 564. The number of amides is 2. The average Bonchev–Trinajstić information content (AvgIpc) is 2.35. The van der Waals surface area contributed by atoms with Crippen molar-refractivity contribution in [3.63, 3.8) is 0 Å². The second kappa shape index (κ2) is 5.97. The first kappa shape index (κ1) is 13.9. The van der Waals surface area contributed by atoms with Gasteiger partial charge in [0, 0.05) is 11.5 Å². The molecule has 3 N–H and O–H groups in total. The largest absolute Gasteiger partial charge is 0.368 e. The highest BCUT2D eigenvalue weighted by molar-refractivity contribution is 7.94. The molecule has 0 spiro atoms. The van der Waals surface area contributed by atoms with E-state index in [9.17, 15) is 18.0 Å². The molecule has 0 fully saturated rings. The number of nitrogens with two attached hydrogens (primary N) is 1. The quantitative estimate of drug-likeness (QED) is 0.707. The van der Waals surface area contributed by atoms with Gasteiger partial charge in [0.25, 0.3) is 0 Å². The van der Waals surface area contributed by atoms with E-state index in [4.69, 9.17) is 5.73 Å². The maximum absolute atomic E-state index is 11.7. The van der Waals surface area contributed by atoms with Crippen molar-refractivity contribution in [1.29, 1.82) is 0 Å². The zero-order valence-corrected chi connectivity index (χ0v) is 10.2. The van der Waals surface area contributed by atoms with Gasteiger partial charge in [-0.05, 0) is 12.1 Å². The van der Waals surface area contributed by atoms with E-state index in [2.05, 4.69) is 5.32 Å². The summed E-state index contributed by atoms with van der Waals surface area (Å²) in [6, 6.07) is 7.67. The molecule has 0 unspecified atom stereocenters. The number of carbonyl (C=O) groups is 2. The smallest absolute Gasteiger partial charge is 0.245 e. The Morgan fingerprint density at radius 2 is 1.83 bits per heavy atom. The Morgan fingerprint density at radius 1 is 1.22 bits per heavy atom. The van der Waals surface area contributed by atoms with E-state index >= 15 is 0 Å². The molecular formula is C11H12N2O4S. The van der Waals surface area contributed by atoms with E-state index in [0.717, 1.165) is 11.5 Å². The molecule has 2 amide bonds. The Kier molecular flexibility index (Phi) is 4.61. The number of hydrogen-bond donors (Lipinski definition) is 2. The number of hydrogen-bond acceptors (Lipinski definition) is 4. The molecule has 0 aliphatic heterocycles. The summed E-state index contributed by atoms with van der Waals surface area (Å²) >= 11 is 0. The van der Waals surface area contributed by atoms with Crippen LogP contribution in [0.3, 0.4) is 0 Å². The van der Waals surface area contributed by atoms with Crippen molar-refractivity contribution in [2.75, 3.05) is 6.54 Å². The zero-order chi connectivity index (χ0) is 13.6. The van der Waals surface area contributed by atoms with E-state index in [1.807, 2.05) is 0 Å². The molecule has 0 saturated carbocycles. The minimum absolute atomic E-state index is 0.0870. The zero-order valence-electron chi connectivity index (χ0n) is 9.37. The van der Waals surface area contributed by atoms with Crippen LogP contribution in [-0.2, 0) is 19.4 Å². The normalized spacial score (nSPS) is 11.3. The van der Waals surface area contributed by atoms with E-state index < -0.39 is 21.7 Å². The van der Waals surface area contributed by atoms with Gasteiger partial charge in [0.15, 0.2) is 9.84 Å². The highest BCUT2D eigenvalue weighted by Crippen LogP contribution is 2.10. The molecule has 0 heterocycles. The van der Waals surface area contributed by atoms with Crippen molar-refractivity contribution in [2.45, 2.75) is 4.90 Å². The Balaban J connectivity index is 2.72. The van der Waals surface area contributed by atoms with Gasteiger partial charge in [-0.25, -0.2) is 8.42 Å². The Labute approximate surface area is 104 Å². The lowest BCUT2D eigenvalue weighted by atomic mass is 10.4. The SMILES string of the molecule is NC(=O)CNC(=O)C=CS(=O)(=O)c1ccccc1. The maximum atomic E-state index is 11.7. The van der Waals surface area contributed by atoms with Crippen LogP contribution >= 0.6 is 0 Å². The molecule has 1 aromatic rings. The van der Waals surface area contributed by atoms with Crippen LogP contribution in [0.1, 0.15) is 0 Å². The van der Waals surface area contributed by atoms with Gasteiger partial charge >= 0.3 is 0 Å². The first-order chi connectivity index (χ1) is 8.42. The number of carbonyl (C=O) groups excluding carboxylic acids is 2. The van der Waals surface area contributed by atoms with Crippen molar-refractivity contribution in [1.82, 2.24) is 5.32 Å². The summed E-state index contributed by atoms with van der Waals surface area (Å²) in [7, 11) is -3.65. The van der Waals surface area contributed by atoms with Gasteiger partial charge in [-0.1, -0.05) is 18.2 Å². The van der Waals surface area contributed by atoms with Crippen LogP contribution in [0.4, 0.5) is 0 Å². The number of benzene rings is 1. The fourth-order valence-corrected chi connectivity index (χ4v) is 2.07. The monoisotopic (exact) mass is 268 g/mol. The van der Waals surface area contributed by atoms with Gasteiger partial charge in [-0.15, -0.1) is 0 Å². The molecule has 0 aliphatic carbocycles. The Hall–Kier alpha value is -2.15. The lowest BCUT2D eigenvalue weighted by Gasteiger charge is -1.99. The summed E-state index contributed by atoms with van der Waals surface area (Å²) in [4.78, 5) is 21.6. The van der Waals surface area contributed by atoms with E-state index in [1.54, 1.807) is 18.2 Å². The van der Waals surface area contributed by atoms with Gasteiger partial charge in [-0.2, -0.15) is 0 Å². The minimum atomic E-state index is -3.65. The molecule has 1 rings (SSSR count). The van der Waals surface area contributed by atoms with E-state index in [1.165, 1.54) is 12.1 Å². The molecule has 18 heavy (non-hydrogen) atoms. The van der Waals surface area contributed by atoms with Crippen molar-refractivity contribution in [3.05, 3.63) is 41.8 Å². The summed E-state index contributed by atoms with van der Waals surface area (Å²) in [6.07, 6.45) is 0.839. The highest BCUT2D eigenvalue weighted by Gasteiger charge is 2.09. The van der Waals surface area contributed by atoms with E-state index in [0.29, 0.717) is 0 Å². The third kappa shape index (κ3) is 4.38. The number of rotatable bonds is 5. The van der Waals surface area contributed by atoms with Gasteiger partial charge in [-0.3, -0.25) is 9.59 Å². The molecule has 96 valence electrons. The van der Waals surface area contributed by atoms with Gasteiger partial charge in [0.05, 0.1) is 11.4 Å². The molecule has 0 bridgehead atoms. The molecular weight excluding hydrogens is 256 g/mol. The van der Waals surface area contributed by atoms with Crippen molar-refractivity contribution in [3.8, 4) is 0 Å². The summed E-state index contributed by atoms with van der Waals surface area (Å²) in [5, 5.41) is 2.92. The molecule has 0 aliphatic rings. The van der Waals surface area contributed by atoms with Crippen molar-refractivity contribution >= 4 is 21.7 Å². The second-order valence-corrected chi connectivity index (χ2v) is 5.18. The Morgan fingerprint density at radius 3 is 2.39 bits per heavy atom. The number of primary amides is 1. The fraction of sp³-hybridized carbons (Fsp3) is 0.0909. The molecule has 7 heteroatoms. The first-order valence-electron chi connectivity index (χ1n) is 4.96. The van der Waals surface area contributed by atoms with Gasteiger partial charge in [0.1, 0.15) is 0 Å². The minimum Gasteiger partial charge on any atom is -0.368 e. The van der Waals surface area contributed by atoms with Crippen LogP contribution in [0.15, 0.2) is 46.7 Å². The van der Waals surface area contributed by atoms with Gasteiger partial charge < -0.3 is 11.1 Å². The molecule has 1 aromatic carbocycles. The number of nitrogens with one attached hydrogen (secondary N) is 1. The van der Waals surface area contributed by atoms with Crippen LogP contribution in [0, 0.1) is 0 Å².